The number of nitrogens with zero attached hydrogens (tertiary/aromatic N) is 2. The highest BCUT2D eigenvalue weighted by molar-refractivity contribution is 6.28. The Labute approximate surface area is 122 Å². The lowest BCUT2D eigenvalue weighted by Gasteiger charge is -2.23. The van der Waals surface area contributed by atoms with Crippen LogP contribution in [0.2, 0.25) is 0 Å². The Bertz CT molecular complexity index is 750. The molecule has 4 rings (SSSR count). The van der Waals surface area contributed by atoms with Gasteiger partial charge in [-0.1, -0.05) is 0 Å². The smallest absolute Gasteiger partial charge is 0.258 e. The highest BCUT2D eigenvalue weighted by Gasteiger charge is 2.29. The fraction of sp³-hybridized carbons (Fsp3) is 0.250. The molecule has 2 aromatic carbocycles. The van der Waals surface area contributed by atoms with Gasteiger partial charge in [0.2, 0.25) is 0 Å². The number of carbonyl (C=O) groups excluding carboxylic acids is 2. The predicted molar refractivity (Wildman–Crippen MR) is 82.3 cm³/mol. The van der Waals surface area contributed by atoms with Gasteiger partial charge in [-0.05, 0) is 24.3 Å². The highest BCUT2D eigenvalue weighted by Crippen LogP contribution is 2.40. The van der Waals surface area contributed by atoms with E-state index in [1.165, 1.54) is 0 Å². The largest absolute Gasteiger partial charge is 0.372 e. The molecule has 21 heavy (non-hydrogen) atoms. The Balaban J connectivity index is 2.22. The molecule has 2 amide bonds. The van der Waals surface area contributed by atoms with Gasteiger partial charge in [0.05, 0.1) is 0 Å². The molecule has 0 spiro atoms. The molecule has 0 aromatic heterocycles. The first-order chi connectivity index (χ1) is 10.1. The lowest BCUT2D eigenvalue weighted by atomic mass is 9.92. The molecule has 2 heterocycles. The van der Waals surface area contributed by atoms with Crippen molar-refractivity contribution in [1.29, 1.82) is 0 Å². The van der Waals surface area contributed by atoms with Crippen LogP contribution in [0.15, 0.2) is 24.3 Å². The lowest BCUT2D eigenvalue weighted by molar-refractivity contribution is 0.0845. The fourth-order valence-electron chi connectivity index (χ4n) is 3.25. The van der Waals surface area contributed by atoms with Crippen LogP contribution in [0.5, 0.6) is 0 Å². The zero-order valence-corrected chi connectivity index (χ0v) is 11.9. The summed E-state index contributed by atoms with van der Waals surface area (Å²) in [5.74, 6) is -0.628. The van der Waals surface area contributed by atoms with Crippen molar-refractivity contribution in [2.24, 2.45) is 0 Å². The summed E-state index contributed by atoms with van der Waals surface area (Å²) in [5.41, 5.74) is 3.29. The van der Waals surface area contributed by atoms with E-state index in [2.05, 4.69) is 15.1 Å². The normalized spacial score (nSPS) is 17.0. The molecule has 0 atom stereocenters. The van der Waals surface area contributed by atoms with Crippen molar-refractivity contribution in [3.8, 4) is 0 Å². The van der Waals surface area contributed by atoms with Crippen molar-refractivity contribution in [3.05, 3.63) is 35.4 Å². The summed E-state index contributed by atoms with van der Waals surface area (Å²) in [5, 5.41) is 4.18. The molecule has 0 saturated heterocycles. The molecular weight excluding hydrogens is 266 g/mol. The van der Waals surface area contributed by atoms with Gasteiger partial charge in [-0.3, -0.25) is 14.9 Å². The number of anilines is 2. The third-order valence-electron chi connectivity index (χ3n) is 4.43. The first-order valence-corrected chi connectivity index (χ1v) is 6.95. The van der Waals surface area contributed by atoms with E-state index in [9.17, 15) is 9.59 Å². The molecule has 2 aliphatic heterocycles. The quantitative estimate of drug-likeness (QED) is 0.745. The zero-order valence-electron chi connectivity index (χ0n) is 11.9. The van der Waals surface area contributed by atoms with Crippen LogP contribution in [0.25, 0.3) is 10.8 Å². The van der Waals surface area contributed by atoms with E-state index >= 15 is 0 Å². The van der Waals surface area contributed by atoms with Crippen molar-refractivity contribution in [1.82, 2.24) is 5.32 Å². The van der Waals surface area contributed by atoms with Crippen LogP contribution in [0.1, 0.15) is 20.7 Å². The number of likely N-dealkylation sites (N-methyl/N-ethyl adjacent to an activating group) is 2. The summed E-state index contributed by atoms with van der Waals surface area (Å²) in [4.78, 5) is 28.5. The minimum Gasteiger partial charge on any atom is -0.372 e. The second-order valence-corrected chi connectivity index (χ2v) is 5.64. The van der Waals surface area contributed by atoms with E-state index in [4.69, 9.17) is 0 Å². The van der Waals surface area contributed by atoms with Gasteiger partial charge >= 0.3 is 0 Å². The van der Waals surface area contributed by atoms with E-state index in [0.29, 0.717) is 11.1 Å². The van der Waals surface area contributed by atoms with Gasteiger partial charge in [-0.15, -0.1) is 0 Å². The van der Waals surface area contributed by atoms with Crippen LogP contribution < -0.4 is 15.1 Å². The number of carbonyl (C=O) groups is 2. The summed E-state index contributed by atoms with van der Waals surface area (Å²) < 4.78 is 0. The highest BCUT2D eigenvalue weighted by atomic mass is 16.2. The molecule has 2 aliphatic rings. The van der Waals surface area contributed by atoms with E-state index in [1.54, 1.807) is 0 Å². The molecule has 106 valence electrons. The first-order valence-electron chi connectivity index (χ1n) is 6.95. The zero-order chi connectivity index (χ0) is 14.7. The van der Waals surface area contributed by atoms with Gasteiger partial charge in [0, 0.05) is 60.5 Å². The predicted octanol–water partition coefficient (Wildman–Crippen LogP) is 1.61. The monoisotopic (exact) mass is 281 g/mol. The molecule has 1 N–H and O–H groups in total. The molecule has 5 nitrogen and oxygen atoms in total. The van der Waals surface area contributed by atoms with Gasteiger partial charge in [0.1, 0.15) is 0 Å². The maximum absolute atomic E-state index is 12.1. The number of amides is 2. The SMILES string of the molecule is CN1CCN(C)c2ccc3c4c(ccc1c24)C(=O)NC3=O. The van der Waals surface area contributed by atoms with Crippen molar-refractivity contribution in [2.75, 3.05) is 37.0 Å². The Morgan fingerprint density at radius 1 is 0.810 bits per heavy atom. The molecule has 0 aliphatic carbocycles. The Morgan fingerprint density at radius 2 is 1.29 bits per heavy atom. The summed E-state index contributed by atoms with van der Waals surface area (Å²) >= 11 is 0. The van der Waals surface area contributed by atoms with Gasteiger partial charge in [-0.2, -0.15) is 0 Å². The molecular formula is C16H15N3O2. The molecule has 2 aromatic rings. The summed E-state index contributed by atoms with van der Waals surface area (Å²) in [6, 6.07) is 7.57. The summed E-state index contributed by atoms with van der Waals surface area (Å²) in [6.45, 7) is 1.80. The maximum atomic E-state index is 12.1. The van der Waals surface area contributed by atoms with Crippen LogP contribution >= 0.6 is 0 Å². The number of hydrogen-bond donors (Lipinski definition) is 1. The third kappa shape index (κ3) is 1.51. The number of nitrogens with one attached hydrogen (secondary N) is 1. The van der Waals surface area contributed by atoms with E-state index in [-0.39, 0.29) is 11.8 Å². The number of hydrogen-bond acceptors (Lipinski definition) is 4. The average Bonchev–Trinajstić information content (AvgIpc) is 2.59. The van der Waals surface area contributed by atoms with Gasteiger partial charge < -0.3 is 9.80 Å². The van der Waals surface area contributed by atoms with E-state index in [1.807, 2.05) is 38.4 Å². The van der Waals surface area contributed by atoms with Gasteiger partial charge in [0.15, 0.2) is 0 Å². The van der Waals surface area contributed by atoms with Crippen molar-refractivity contribution >= 4 is 34.0 Å². The number of rotatable bonds is 0. The fourth-order valence-corrected chi connectivity index (χ4v) is 3.25. The Hall–Kier alpha value is -2.56. The minimum absolute atomic E-state index is 0.314. The van der Waals surface area contributed by atoms with Gasteiger partial charge in [-0.25, -0.2) is 0 Å². The lowest BCUT2D eigenvalue weighted by Crippen LogP contribution is -2.34. The second-order valence-electron chi connectivity index (χ2n) is 5.64. The number of imide groups is 1. The Morgan fingerprint density at radius 3 is 1.76 bits per heavy atom. The Kier molecular flexibility index (Phi) is 2.31. The standard InChI is InChI=1S/C16H15N3O2/c1-18-7-8-19(2)12-6-4-10-13-9(15(20)17-16(10)21)3-5-11(18)14(12)13/h3-6H,7-8H2,1-2H3,(H,17,20,21). The van der Waals surface area contributed by atoms with Crippen LogP contribution in [0.3, 0.4) is 0 Å². The van der Waals surface area contributed by atoms with E-state index < -0.39 is 0 Å². The molecule has 0 fully saturated rings. The molecule has 0 bridgehead atoms. The first kappa shape index (κ1) is 12.2. The van der Waals surface area contributed by atoms with Gasteiger partial charge in [0.25, 0.3) is 11.8 Å². The van der Waals surface area contributed by atoms with Crippen molar-refractivity contribution in [3.63, 3.8) is 0 Å². The molecule has 0 saturated carbocycles. The van der Waals surface area contributed by atoms with Crippen molar-refractivity contribution in [2.45, 2.75) is 0 Å². The van der Waals surface area contributed by atoms with Crippen molar-refractivity contribution < 1.29 is 9.59 Å². The molecule has 5 heteroatoms. The minimum atomic E-state index is -0.314. The third-order valence-corrected chi connectivity index (χ3v) is 4.43. The number of benzene rings is 2. The van der Waals surface area contributed by atoms with Crippen LogP contribution in [0.4, 0.5) is 11.4 Å². The van der Waals surface area contributed by atoms with Crippen LogP contribution in [0, 0.1) is 0 Å². The second kappa shape index (κ2) is 3.97. The summed E-state index contributed by atoms with van der Waals surface area (Å²) in [6.07, 6.45) is 0. The maximum Gasteiger partial charge on any atom is 0.258 e. The molecule has 0 radical (unpaired) electrons. The summed E-state index contributed by atoms with van der Waals surface area (Å²) in [7, 11) is 4.08. The van der Waals surface area contributed by atoms with Crippen LogP contribution in [-0.4, -0.2) is 39.0 Å². The van der Waals surface area contributed by atoms with Crippen LogP contribution in [-0.2, 0) is 0 Å². The van der Waals surface area contributed by atoms with E-state index in [0.717, 1.165) is 35.2 Å². The molecule has 0 unspecified atom stereocenters. The average molecular weight is 281 g/mol. The topological polar surface area (TPSA) is 52.6 Å².